The summed E-state index contributed by atoms with van der Waals surface area (Å²) >= 11 is 1.44. The number of hydrogen-bond donors (Lipinski definition) is 2. The van der Waals surface area contributed by atoms with Gasteiger partial charge in [0.1, 0.15) is 5.82 Å². The third-order valence-electron chi connectivity index (χ3n) is 5.14. The number of fused-ring (bicyclic) bond motifs is 1. The maximum absolute atomic E-state index is 12.4. The molecular formula is C22H30N6O4S2. The van der Waals surface area contributed by atoms with Gasteiger partial charge in [0, 0.05) is 20.2 Å². The minimum atomic E-state index is -3.33. The Morgan fingerprint density at radius 3 is 2.56 bits per heavy atom. The minimum absolute atomic E-state index is 0.155. The molecular weight excluding hydrogens is 476 g/mol. The van der Waals surface area contributed by atoms with Gasteiger partial charge in [0.05, 0.1) is 41.3 Å². The molecule has 0 aliphatic carbocycles. The highest BCUT2D eigenvalue weighted by Crippen LogP contribution is 2.23. The van der Waals surface area contributed by atoms with Crippen molar-refractivity contribution < 1.29 is 17.9 Å². The Labute approximate surface area is 203 Å². The first-order valence-corrected chi connectivity index (χ1v) is 13.6. The highest BCUT2D eigenvalue weighted by Gasteiger charge is 2.19. The summed E-state index contributed by atoms with van der Waals surface area (Å²) in [4.78, 5) is 21.7. The lowest BCUT2D eigenvalue weighted by Gasteiger charge is -2.10. The van der Waals surface area contributed by atoms with E-state index in [1.165, 1.54) is 11.8 Å². The van der Waals surface area contributed by atoms with Crippen LogP contribution in [0.5, 0.6) is 0 Å². The van der Waals surface area contributed by atoms with Gasteiger partial charge in [-0.3, -0.25) is 4.79 Å². The van der Waals surface area contributed by atoms with E-state index in [1.807, 2.05) is 6.26 Å². The van der Waals surface area contributed by atoms with Crippen LogP contribution < -0.4 is 10.6 Å². The van der Waals surface area contributed by atoms with E-state index in [0.717, 1.165) is 10.9 Å². The number of amides is 1. The van der Waals surface area contributed by atoms with Crippen LogP contribution in [0.4, 0.5) is 5.82 Å². The van der Waals surface area contributed by atoms with Crippen LogP contribution in [0, 0.1) is 0 Å². The molecule has 2 N–H and O–H groups in total. The fourth-order valence-corrected chi connectivity index (χ4v) is 4.63. The summed E-state index contributed by atoms with van der Waals surface area (Å²) in [6.07, 6.45) is 3.78. The molecule has 1 amide bonds. The Morgan fingerprint density at radius 2 is 1.91 bits per heavy atom. The zero-order chi connectivity index (χ0) is 24.7. The number of nitrogens with zero attached hydrogens (tertiary/aromatic N) is 4. The number of nitrogens with one attached hydrogen (secondary N) is 2. The van der Waals surface area contributed by atoms with Gasteiger partial charge in [-0.25, -0.2) is 23.1 Å². The van der Waals surface area contributed by atoms with Crippen molar-refractivity contribution >= 4 is 44.4 Å². The summed E-state index contributed by atoms with van der Waals surface area (Å²) < 4.78 is 31.3. The Kier molecular flexibility index (Phi) is 8.86. The van der Waals surface area contributed by atoms with Gasteiger partial charge in [0.2, 0.25) is 5.91 Å². The standard InChI is InChI=1S/C22H30N6O4S2/c1-15(2)34(30,31)17-7-5-16(6-8-17)13-19(29)23-9-11-28-21-18(14-25-28)20(24-10-12-32-3)26-22(27-21)33-4/h5-8,14-15H,9-13H2,1-4H3,(H,23,29)(H,24,26,27). The van der Waals surface area contributed by atoms with Crippen LogP contribution in [0.1, 0.15) is 19.4 Å². The minimum Gasteiger partial charge on any atom is -0.383 e. The van der Waals surface area contributed by atoms with Gasteiger partial charge in [0.15, 0.2) is 20.6 Å². The number of thioether (sulfide) groups is 1. The summed E-state index contributed by atoms with van der Waals surface area (Å²) in [7, 11) is -1.69. The molecule has 0 aliphatic heterocycles. The third-order valence-corrected chi connectivity index (χ3v) is 7.86. The van der Waals surface area contributed by atoms with E-state index in [-0.39, 0.29) is 17.2 Å². The van der Waals surface area contributed by atoms with Gasteiger partial charge < -0.3 is 15.4 Å². The van der Waals surface area contributed by atoms with E-state index in [2.05, 4.69) is 25.7 Å². The maximum Gasteiger partial charge on any atom is 0.224 e. The van der Waals surface area contributed by atoms with Crippen molar-refractivity contribution in [2.75, 3.05) is 38.4 Å². The molecule has 0 fully saturated rings. The molecule has 0 unspecified atom stereocenters. The molecule has 0 aliphatic rings. The summed E-state index contributed by atoms with van der Waals surface area (Å²) in [6, 6.07) is 6.45. The number of hydrogen-bond acceptors (Lipinski definition) is 9. The van der Waals surface area contributed by atoms with Crippen molar-refractivity contribution in [1.29, 1.82) is 0 Å². The van der Waals surface area contributed by atoms with Crippen LogP contribution in [0.2, 0.25) is 0 Å². The zero-order valence-electron chi connectivity index (χ0n) is 19.7. The number of benzene rings is 1. The van der Waals surface area contributed by atoms with E-state index in [9.17, 15) is 13.2 Å². The first-order chi connectivity index (χ1) is 16.3. The fraction of sp³-hybridized carbons (Fsp3) is 0.455. The number of carbonyl (C=O) groups excluding carboxylic acids is 1. The quantitative estimate of drug-likeness (QED) is 0.216. The lowest BCUT2D eigenvalue weighted by atomic mass is 10.1. The number of carbonyl (C=O) groups is 1. The Hall–Kier alpha value is -2.70. The molecule has 3 aromatic rings. The summed E-state index contributed by atoms with van der Waals surface area (Å²) in [5.74, 6) is 0.543. The zero-order valence-corrected chi connectivity index (χ0v) is 21.4. The van der Waals surface area contributed by atoms with Crippen LogP contribution in [0.3, 0.4) is 0 Å². The number of rotatable bonds is 12. The van der Waals surface area contributed by atoms with Gasteiger partial charge in [-0.2, -0.15) is 5.10 Å². The topological polar surface area (TPSA) is 128 Å². The molecule has 0 saturated heterocycles. The molecule has 10 nitrogen and oxygen atoms in total. The van der Waals surface area contributed by atoms with E-state index in [4.69, 9.17) is 4.74 Å². The lowest BCUT2D eigenvalue weighted by Crippen LogP contribution is -2.29. The molecule has 0 atom stereocenters. The predicted molar refractivity (Wildman–Crippen MR) is 133 cm³/mol. The number of methoxy groups -OCH3 is 1. The molecule has 0 radical (unpaired) electrons. The van der Waals surface area contributed by atoms with Gasteiger partial charge in [0.25, 0.3) is 0 Å². The van der Waals surface area contributed by atoms with Gasteiger partial charge >= 0.3 is 0 Å². The van der Waals surface area contributed by atoms with Crippen LogP contribution in [0.25, 0.3) is 11.0 Å². The van der Waals surface area contributed by atoms with Crippen molar-refractivity contribution in [2.24, 2.45) is 0 Å². The molecule has 12 heteroatoms. The van der Waals surface area contributed by atoms with Crippen LogP contribution in [-0.2, 0) is 32.3 Å². The highest BCUT2D eigenvalue weighted by molar-refractivity contribution is 7.98. The summed E-state index contributed by atoms with van der Waals surface area (Å²) in [5, 5.41) is 11.5. The molecule has 0 bridgehead atoms. The van der Waals surface area contributed by atoms with E-state index in [1.54, 1.807) is 56.1 Å². The number of anilines is 1. The average molecular weight is 507 g/mol. The third kappa shape index (κ3) is 6.24. The largest absolute Gasteiger partial charge is 0.383 e. The second-order valence-electron chi connectivity index (χ2n) is 7.85. The fourth-order valence-electron chi connectivity index (χ4n) is 3.21. The van der Waals surface area contributed by atoms with Crippen molar-refractivity contribution in [1.82, 2.24) is 25.1 Å². The maximum atomic E-state index is 12.4. The lowest BCUT2D eigenvalue weighted by molar-refractivity contribution is -0.120. The molecule has 2 heterocycles. The average Bonchev–Trinajstić information content (AvgIpc) is 3.22. The summed E-state index contributed by atoms with van der Waals surface area (Å²) in [5.41, 5.74) is 1.43. The summed E-state index contributed by atoms with van der Waals surface area (Å²) in [6.45, 7) is 5.28. The van der Waals surface area contributed by atoms with Gasteiger partial charge in [-0.15, -0.1) is 0 Å². The second-order valence-corrected chi connectivity index (χ2v) is 11.1. The van der Waals surface area contributed by atoms with E-state index < -0.39 is 15.1 Å². The first kappa shape index (κ1) is 25.9. The molecule has 0 spiro atoms. The Bertz CT molecular complexity index is 1230. The normalized spacial score (nSPS) is 11.8. The Morgan fingerprint density at radius 1 is 1.18 bits per heavy atom. The van der Waals surface area contributed by atoms with Crippen molar-refractivity contribution in [3.63, 3.8) is 0 Å². The predicted octanol–water partition coefficient (Wildman–Crippen LogP) is 2.15. The molecule has 1 aromatic carbocycles. The molecule has 3 rings (SSSR count). The van der Waals surface area contributed by atoms with Gasteiger partial charge in [-0.1, -0.05) is 23.9 Å². The van der Waals surface area contributed by atoms with Crippen molar-refractivity contribution in [3.05, 3.63) is 36.0 Å². The Balaban J connectivity index is 1.60. The van der Waals surface area contributed by atoms with E-state index in [0.29, 0.717) is 42.9 Å². The smallest absolute Gasteiger partial charge is 0.224 e. The number of ether oxygens (including phenoxy) is 1. The van der Waals surface area contributed by atoms with Crippen molar-refractivity contribution in [2.45, 2.75) is 42.1 Å². The number of sulfone groups is 1. The monoisotopic (exact) mass is 506 g/mol. The van der Waals surface area contributed by atoms with Crippen LogP contribution in [-0.4, -0.2) is 72.4 Å². The van der Waals surface area contributed by atoms with Crippen LogP contribution in [0.15, 0.2) is 40.5 Å². The molecule has 34 heavy (non-hydrogen) atoms. The van der Waals surface area contributed by atoms with Gasteiger partial charge in [-0.05, 0) is 37.8 Å². The van der Waals surface area contributed by atoms with E-state index >= 15 is 0 Å². The molecule has 184 valence electrons. The second kappa shape index (κ2) is 11.6. The van der Waals surface area contributed by atoms with Crippen LogP contribution >= 0.6 is 11.8 Å². The first-order valence-electron chi connectivity index (χ1n) is 10.9. The molecule has 0 saturated carbocycles. The highest BCUT2D eigenvalue weighted by atomic mass is 32.2. The van der Waals surface area contributed by atoms with Crippen molar-refractivity contribution in [3.8, 4) is 0 Å². The SMILES string of the molecule is COCCNc1nc(SC)nc2c1cnn2CCNC(=O)Cc1ccc(S(=O)(=O)C(C)C)cc1. The molecule has 2 aromatic heterocycles. The number of aromatic nitrogens is 4.